The van der Waals surface area contributed by atoms with Gasteiger partial charge in [0.2, 0.25) is 0 Å². The van der Waals surface area contributed by atoms with E-state index in [0.29, 0.717) is 5.58 Å². The smallest absolute Gasteiger partial charge is 0.336 e. The van der Waals surface area contributed by atoms with Gasteiger partial charge in [-0.3, -0.25) is 0 Å². The zero-order valence-electron chi connectivity index (χ0n) is 9.42. The van der Waals surface area contributed by atoms with Crippen LogP contribution < -0.4 is 5.63 Å². The first-order chi connectivity index (χ1) is 8.25. The van der Waals surface area contributed by atoms with Gasteiger partial charge in [0, 0.05) is 11.5 Å². The van der Waals surface area contributed by atoms with Crippen molar-refractivity contribution >= 4 is 11.0 Å². The fourth-order valence-electron chi connectivity index (χ4n) is 1.37. The number of furan rings is 1. The summed E-state index contributed by atoms with van der Waals surface area (Å²) < 4.78 is 9.74. The quantitative estimate of drug-likeness (QED) is 0.554. The fraction of sp³-hybridized carbons (Fsp3) is 0.0714. The van der Waals surface area contributed by atoms with Gasteiger partial charge in [0.25, 0.3) is 0 Å². The number of para-hydroxylation sites is 1. The molecule has 0 bridgehead atoms. The molecule has 0 saturated carbocycles. The Balaban J connectivity index is 0.000000153. The van der Waals surface area contributed by atoms with Crippen LogP contribution in [0.2, 0.25) is 0 Å². The molecule has 0 aliphatic heterocycles. The van der Waals surface area contributed by atoms with E-state index in [0.717, 1.165) is 11.1 Å². The maximum Gasteiger partial charge on any atom is 0.336 e. The normalized spacial score (nSPS) is 9.71. The molecule has 0 aliphatic rings. The Labute approximate surface area is 98.3 Å². The third-order valence-electron chi connectivity index (χ3n) is 2.19. The highest BCUT2D eigenvalue weighted by molar-refractivity contribution is 5.75. The summed E-state index contributed by atoms with van der Waals surface area (Å²) in [5.41, 5.74) is 0.337. The molecular weight excluding hydrogens is 216 g/mol. The average molecular weight is 228 g/mol. The second kappa shape index (κ2) is 5.16. The van der Waals surface area contributed by atoms with Crippen LogP contribution in [0.3, 0.4) is 0 Å². The van der Waals surface area contributed by atoms with Gasteiger partial charge in [-0.1, -0.05) is 18.2 Å². The number of fused-ring (bicyclic) bond motifs is 1. The molecule has 0 radical (unpaired) electrons. The molecule has 3 nitrogen and oxygen atoms in total. The topological polar surface area (TPSA) is 43.4 Å². The second-order valence-corrected chi connectivity index (χ2v) is 3.52. The minimum absolute atomic E-state index is 0.302. The molecular formula is C14H12O3. The molecule has 0 fully saturated rings. The van der Waals surface area contributed by atoms with E-state index < -0.39 is 0 Å². The Morgan fingerprint density at radius 1 is 0.941 bits per heavy atom. The SMILES string of the molecule is Cc1ccco1.O=c1ccc2ccccc2o1. The Kier molecular flexibility index (Phi) is 3.40. The lowest BCUT2D eigenvalue weighted by Crippen LogP contribution is -1.93. The van der Waals surface area contributed by atoms with Crippen molar-refractivity contribution in [1.82, 2.24) is 0 Å². The zero-order chi connectivity index (χ0) is 12.1. The Hall–Kier alpha value is -2.29. The van der Waals surface area contributed by atoms with Crippen LogP contribution in [-0.4, -0.2) is 0 Å². The molecule has 3 rings (SSSR count). The van der Waals surface area contributed by atoms with Crippen LogP contribution in [0.5, 0.6) is 0 Å². The molecule has 1 aromatic carbocycles. The van der Waals surface area contributed by atoms with Crippen molar-refractivity contribution in [1.29, 1.82) is 0 Å². The van der Waals surface area contributed by atoms with Crippen LogP contribution in [0.1, 0.15) is 5.76 Å². The van der Waals surface area contributed by atoms with Gasteiger partial charge in [-0.25, -0.2) is 4.79 Å². The summed E-state index contributed by atoms with van der Waals surface area (Å²) in [5.74, 6) is 0.968. The van der Waals surface area contributed by atoms with Crippen molar-refractivity contribution < 1.29 is 8.83 Å². The van der Waals surface area contributed by atoms with Gasteiger partial charge in [-0.05, 0) is 31.2 Å². The number of rotatable bonds is 0. The van der Waals surface area contributed by atoms with E-state index in [9.17, 15) is 4.79 Å². The van der Waals surface area contributed by atoms with Gasteiger partial charge in [0.05, 0.1) is 6.26 Å². The minimum atomic E-state index is -0.302. The molecule has 2 heterocycles. The van der Waals surface area contributed by atoms with Gasteiger partial charge < -0.3 is 8.83 Å². The van der Waals surface area contributed by atoms with Gasteiger partial charge in [0.15, 0.2) is 0 Å². The summed E-state index contributed by atoms with van der Waals surface area (Å²) in [4.78, 5) is 10.7. The molecule has 0 unspecified atom stereocenters. The van der Waals surface area contributed by atoms with E-state index in [1.807, 2.05) is 37.3 Å². The highest BCUT2D eigenvalue weighted by Gasteiger charge is 1.92. The van der Waals surface area contributed by atoms with E-state index in [-0.39, 0.29) is 5.63 Å². The van der Waals surface area contributed by atoms with Gasteiger partial charge in [0.1, 0.15) is 11.3 Å². The summed E-state index contributed by atoms with van der Waals surface area (Å²) in [6.07, 6.45) is 1.66. The Morgan fingerprint density at radius 2 is 1.76 bits per heavy atom. The standard InChI is InChI=1S/C9H6O2.C5H6O/c10-9-6-5-7-3-1-2-4-8(7)11-9;1-5-3-2-4-6-5/h1-6H;2-4H,1H3. The van der Waals surface area contributed by atoms with Crippen LogP contribution in [0, 0.1) is 6.92 Å². The third-order valence-corrected chi connectivity index (χ3v) is 2.19. The Bertz CT molecular complexity index is 636. The van der Waals surface area contributed by atoms with Crippen LogP contribution in [0.15, 0.2) is 68.4 Å². The first kappa shape index (κ1) is 11.2. The second-order valence-electron chi connectivity index (χ2n) is 3.52. The van der Waals surface area contributed by atoms with Crippen LogP contribution in [0.25, 0.3) is 11.0 Å². The maximum atomic E-state index is 10.7. The van der Waals surface area contributed by atoms with E-state index in [2.05, 4.69) is 0 Å². The van der Waals surface area contributed by atoms with Crippen LogP contribution >= 0.6 is 0 Å². The van der Waals surface area contributed by atoms with Crippen molar-refractivity contribution in [3.8, 4) is 0 Å². The number of benzene rings is 1. The minimum Gasteiger partial charge on any atom is -0.470 e. The predicted octanol–water partition coefficient (Wildman–Crippen LogP) is 3.38. The van der Waals surface area contributed by atoms with E-state index in [1.165, 1.54) is 6.07 Å². The molecule has 0 saturated heterocycles. The third kappa shape index (κ3) is 3.08. The highest BCUT2D eigenvalue weighted by atomic mass is 16.4. The average Bonchev–Trinajstić information content (AvgIpc) is 2.81. The van der Waals surface area contributed by atoms with Crippen LogP contribution in [-0.2, 0) is 0 Å². The monoisotopic (exact) mass is 228 g/mol. The number of hydrogen-bond donors (Lipinski definition) is 0. The summed E-state index contributed by atoms with van der Waals surface area (Å²) in [6.45, 7) is 1.92. The van der Waals surface area contributed by atoms with Crippen molar-refractivity contribution in [3.05, 3.63) is 71.0 Å². The summed E-state index contributed by atoms with van der Waals surface area (Å²) in [7, 11) is 0. The van der Waals surface area contributed by atoms with Gasteiger partial charge in [-0.2, -0.15) is 0 Å². The molecule has 0 N–H and O–H groups in total. The lowest BCUT2D eigenvalue weighted by molar-refractivity contribution is 0.534. The van der Waals surface area contributed by atoms with E-state index >= 15 is 0 Å². The molecule has 3 aromatic rings. The maximum absolute atomic E-state index is 10.7. The summed E-state index contributed by atoms with van der Waals surface area (Å²) in [5, 5.41) is 0.951. The zero-order valence-corrected chi connectivity index (χ0v) is 9.42. The first-order valence-electron chi connectivity index (χ1n) is 5.25. The number of hydrogen-bond acceptors (Lipinski definition) is 3. The number of aryl methyl sites for hydroxylation is 1. The first-order valence-corrected chi connectivity index (χ1v) is 5.25. The summed E-state index contributed by atoms with van der Waals surface area (Å²) >= 11 is 0. The molecule has 0 spiro atoms. The van der Waals surface area contributed by atoms with Crippen molar-refractivity contribution in [3.63, 3.8) is 0 Å². The molecule has 0 amide bonds. The molecule has 0 aliphatic carbocycles. The molecule has 2 aromatic heterocycles. The van der Waals surface area contributed by atoms with Crippen molar-refractivity contribution in [2.45, 2.75) is 6.92 Å². The van der Waals surface area contributed by atoms with E-state index in [1.54, 1.807) is 18.4 Å². The summed E-state index contributed by atoms with van der Waals surface area (Å²) in [6, 6.07) is 14.4. The lowest BCUT2D eigenvalue weighted by atomic mass is 10.2. The van der Waals surface area contributed by atoms with Gasteiger partial charge >= 0.3 is 5.63 Å². The van der Waals surface area contributed by atoms with Gasteiger partial charge in [-0.15, -0.1) is 0 Å². The van der Waals surface area contributed by atoms with E-state index in [4.69, 9.17) is 8.83 Å². The fourth-order valence-corrected chi connectivity index (χ4v) is 1.37. The molecule has 17 heavy (non-hydrogen) atoms. The van der Waals surface area contributed by atoms with Crippen LogP contribution in [0.4, 0.5) is 0 Å². The molecule has 86 valence electrons. The van der Waals surface area contributed by atoms with Crippen molar-refractivity contribution in [2.75, 3.05) is 0 Å². The largest absolute Gasteiger partial charge is 0.470 e. The Morgan fingerprint density at radius 3 is 2.41 bits per heavy atom. The molecule has 3 heteroatoms. The lowest BCUT2D eigenvalue weighted by Gasteiger charge is -1.91. The highest BCUT2D eigenvalue weighted by Crippen LogP contribution is 2.08. The van der Waals surface area contributed by atoms with Crippen molar-refractivity contribution in [2.24, 2.45) is 0 Å². The molecule has 0 atom stereocenters. The predicted molar refractivity (Wildman–Crippen MR) is 65.9 cm³/mol.